The van der Waals surface area contributed by atoms with Gasteiger partial charge in [0.15, 0.2) is 0 Å². The Morgan fingerprint density at radius 3 is 2.87 bits per heavy atom. The van der Waals surface area contributed by atoms with Crippen molar-refractivity contribution in [1.29, 1.82) is 0 Å². The lowest BCUT2D eigenvalue weighted by Gasteiger charge is -2.09. The van der Waals surface area contributed by atoms with E-state index in [1.54, 1.807) is 0 Å². The van der Waals surface area contributed by atoms with Gasteiger partial charge in [0.2, 0.25) is 0 Å². The summed E-state index contributed by atoms with van der Waals surface area (Å²) < 4.78 is 2.25. The van der Waals surface area contributed by atoms with Gasteiger partial charge < -0.3 is 14.8 Å². The minimum absolute atomic E-state index is 0.989. The highest BCUT2D eigenvalue weighted by Crippen LogP contribution is 2.01. The van der Waals surface area contributed by atoms with Crippen LogP contribution >= 0.6 is 0 Å². The van der Waals surface area contributed by atoms with Crippen LogP contribution in [0.2, 0.25) is 0 Å². The third-order valence-corrected chi connectivity index (χ3v) is 2.37. The molecule has 0 bridgehead atoms. The molecule has 1 heterocycles. The highest BCUT2D eigenvalue weighted by atomic mass is 15.1. The van der Waals surface area contributed by atoms with Crippen LogP contribution < -0.4 is 5.32 Å². The fraction of sp³-hybridized carbons (Fsp3) is 0.667. The molecular weight excluding hydrogens is 186 g/mol. The van der Waals surface area contributed by atoms with Crippen molar-refractivity contribution in [1.82, 2.24) is 14.8 Å². The molecule has 1 N–H and O–H groups in total. The maximum Gasteiger partial charge on any atom is 0.0347 e. The maximum absolute atomic E-state index is 3.41. The average molecular weight is 209 g/mol. The summed E-state index contributed by atoms with van der Waals surface area (Å²) in [6, 6.07) is 2.19. The number of hydrogen-bond donors (Lipinski definition) is 1. The van der Waals surface area contributed by atoms with Gasteiger partial charge in [-0.2, -0.15) is 0 Å². The van der Waals surface area contributed by atoms with E-state index in [0.717, 1.165) is 26.2 Å². The summed E-state index contributed by atoms with van der Waals surface area (Å²) in [5.41, 5.74) is 1.38. The molecule has 0 aliphatic carbocycles. The monoisotopic (exact) mass is 209 g/mol. The Morgan fingerprint density at radius 1 is 1.40 bits per heavy atom. The predicted molar refractivity (Wildman–Crippen MR) is 65.0 cm³/mol. The van der Waals surface area contributed by atoms with Gasteiger partial charge in [-0.25, -0.2) is 0 Å². The predicted octanol–water partition coefficient (Wildman–Crippen LogP) is 1.55. The molecule has 0 aliphatic heterocycles. The standard InChI is InChI=1S/C12H23N3/c1-4-6-13-10-12-5-7-15(11-12)9-8-14(2)3/h5,7,11,13H,4,6,8-10H2,1-3H3. The quantitative estimate of drug-likeness (QED) is 0.688. The lowest BCUT2D eigenvalue weighted by Crippen LogP contribution is -2.17. The van der Waals surface area contributed by atoms with Crippen LogP contribution in [0.15, 0.2) is 18.5 Å². The Balaban J connectivity index is 2.29. The zero-order chi connectivity index (χ0) is 11.1. The summed E-state index contributed by atoms with van der Waals surface area (Å²) in [7, 11) is 4.21. The van der Waals surface area contributed by atoms with E-state index in [-0.39, 0.29) is 0 Å². The van der Waals surface area contributed by atoms with E-state index in [4.69, 9.17) is 0 Å². The number of likely N-dealkylation sites (N-methyl/N-ethyl adjacent to an activating group) is 1. The molecule has 0 aromatic carbocycles. The minimum Gasteiger partial charge on any atom is -0.353 e. The molecule has 0 spiro atoms. The molecule has 3 nitrogen and oxygen atoms in total. The molecule has 0 unspecified atom stereocenters. The molecule has 15 heavy (non-hydrogen) atoms. The molecule has 0 saturated carbocycles. The Kier molecular flexibility index (Phi) is 5.43. The average Bonchev–Trinajstić information content (AvgIpc) is 2.63. The summed E-state index contributed by atoms with van der Waals surface area (Å²) in [5, 5.41) is 3.41. The first-order valence-corrected chi connectivity index (χ1v) is 5.72. The third kappa shape index (κ3) is 5.00. The third-order valence-electron chi connectivity index (χ3n) is 2.37. The molecule has 86 valence electrons. The SMILES string of the molecule is CCCNCc1ccn(CCN(C)C)c1. The van der Waals surface area contributed by atoms with Crippen molar-refractivity contribution in [3.8, 4) is 0 Å². The highest BCUT2D eigenvalue weighted by molar-refractivity contribution is 5.09. The van der Waals surface area contributed by atoms with Gasteiger partial charge in [0, 0.05) is 32.0 Å². The van der Waals surface area contributed by atoms with E-state index in [1.165, 1.54) is 12.0 Å². The summed E-state index contributed by atoms with van der Waals surface area (Å²) in [6.07, 6.45) is 5.58. The summed E-state index contributed by atoms with van der Waals surface area (Å²) in [4.78, 5) is 2.20. The zero-order valence-electron chi connectivity index (χ0n) is 10.2. The van der Waals surface area contributed by atoms with Crippen LogP contribution in [0, 0.1) is 0 Å². The molecule has 0 saturated heterocycles. The second-order valence-electron chi connectivity index (χ2n) is 4.24. The summed E-state index contributed by atoms with van der Waals surface area (Å²) in [5.74, 6) is 0. The molecule has 0 radical (unpaired) electrons. The van der Waals surface area contributed by atoms with Gasteiger partial charge in [-0.15, -0.1) is 0 Å². The van der Waals surface area contributed by atoms with Crippen molar-refractivity contribution in [2.45, 2.75) is 26.4 Å². The fourth-order valence-corrected chi connectivity index (χ4v) is 1.46. The van der Waals surface area contributed by atoms with E-state index >= 15 is 0 Å². The van der Waals surface area contributed by atoms with Crippen molar-refractivity contribution in [3.05, 3.63) is 24.0 Å². The first-order valence-electron chi connectivity index (χ1n) is 5.72. The number of nitrogens with one attached hydrogen (secondary N) is 1. The number of rotatable bonds is 7. The Morgan fingerprint density at radius 2 is 2.20 bits per heavy atom. The first kappa shape index (κ1) is 12.3. The largest absolute Gasteiger partial charge is 0.353 e. The topological polar surface area (TPSA) is 20.2 Å². The van der Waals surface area contributed by atoms with Crippen molar-refractivity contribution in [2.75, 3.05) is 27.2 Å². The van der Waals surface area contributed by atoms with Gasteiger partial charge in [0.05, 0.1) is 0 Å². The molecule has 0 amide bonds. The fourth-order valence-electron chi connectivity index (χ4n) is 1.46. The lowest BCUT2D eigenvalue weighted by atomic mass is 10.3. The first-order chi connectivity index (χ1) is 7.22. The van der Waals surface area contributed by atoms with Crippen molar-refractivity contribution < 1.29 is 0 Å². The summed E-state index contributed by atoms with van der Waals surface area (Å²) in [6.45, 7) is 6.44. The van der Waals surface area contributed by atoms with Crippen molar-refractivity contribution in [2.24, 2.45) is 0 Å². The van der Waals surface area contributed by atoms with E-state index in [1.807, 2.05) is 0 Å². The van der Waals surface area contributed by atoms with E-state index in [9.17, 15) is 0 Å². The Hall–Kier alpha value is -0.800. The van der Waals surface area contributed by atoms with Crippen LogP contribution in [0.4, 0.5) is 0 Å². The van der Waals surface area contributed by atoms with Crippen LogP contribution in [0.1, 0.15) is 18.9 Å². The minimum atomic E-state index is 0.989. The maximum atomic E-state index is 3.41. The molecule has 1 rings (SSSR count). The highest BCUT2D eigenvalue weighted by Gasteiger charge is 1.97. The van der Waals surface area contributed by atoms with Crippen LogP contribution in [-0.4, -0.2) is 36.7 Å². The second-order valence-corrected chi connectivity index (χ2v) is 4.24. The molecule has 1 aromatic heterocycles. The molecule has 3 heteroatoms. The molecule has 0 fully saturated rings. The van der Waals surface area contributed by atoms with E-state index in [2.05, 4.69) is 54.3 Å². The van der Waals surface area contributed by atoms with Gasteiger partial charge in [-0.05, 0) is 38.7 Å². The Bertz CT molecular complexity index is 266. The van der Waals surface area contributed by atoms with Crippen LogP contribution in [0.25, 0.3) is 0 Å². The van der Waals surface area contributed by atoms with Crippen molar-refractivity contribution >= 4 is 0 Å². The van der Waals surface area contributed by atoms with Gasteiger partial charge in [0.1, 0.15) is 0 Å². The van der Waals surface area contributed by atoms with Gasteiger partial charge in [-0.3, -0.25) is 0 Å². The smallest absolute Gasteiger partial charge is 0.0347 e. The Labute approximate surface area is 93.1 Å². The molecule has 0 aliphatic rings. The summed E-state index contributed by atoms with van der Waals surface area (Å²) >= 11 is 0. The molecular formula is C12H23N3. The van der Waals surface area contributed by atoms with Crippen LogP contribution in [-0.2, 0) is 13.1 Å². The van der Waals surface area contributed by atoms with Gasteiger partial charge in [0.25, 0.3) is 0 Å². The molecule has 1 aromatic rings. The number of nitrogens with zero attached hydrogens (tertiary/aromatic N) is 2. The number of aromatic nitrogens is 1. The number of hydrogen-bond acceptors (Lipinski definition) is 2. The second kappa shape index (κ2) is 6.64. The lowest BCUT2D eigenvalue weighted by molar-refractivity contribution is 0.384. The van der Waals surface area contributed by atoms with Crippen LogP contribution in [0.3, 0.4) is 0 Å². The van der Waals surface area contributed by atoms with Crippen molar-refractivity contribution in [3.63, 3.8) is 0 Å². The van der Waals surface area contributed by atoms with Crippen LogP contribution in [0.5, 0.6) is 0 Å². The molecule has 0 atom stereocenters. The van der Waals surface area contributed by atoms with E-state index in [0.29, 0.717) is 0 Å². The van der Waals surface area contributed by atoms with Gasteiger partial charge >= 0.3 is 0 Å². The van der Waals surface area contributed by atoms with Gasteiger partial charge in [-0.1, -0.05) is 6.92 Å². The van der Waals surface area contributed by atoms with E-state index < -0.39 is 0 Å². The normalized spacial score (nSPS) is 11.2. The zero-order valence-corrected chi connectivity index (χ0v) is 10.2.